The standard InChI is InChI=1S/C17H27NO3/c1-6-17(5,15(19)20)18-11-12-21-14-9-7-13(8-10-14)16(2,3)4/h7-10,18H,6,11-12H2,1-5H3,(H,19,20). The van der Waals surface area contributed by atoms with Crippen LogP contribution in [0, 0.1) is 0 Å². The molecule has 1 aromatic carbocycles. The fourth-order valence-electron chi connectivity index (χ4n) is 1.90. The Hall–Kier alpha value is -1.55. The third-order valence-corrected chi connectivity index (χ3v) is 3.79. The smallest absolute Gasteiger partial charge is 0.323 e. The van der Waals surface area contributed by atoms with E-state index < -0.39 is 11.5 Å². The van der Waals surface area contributed by atoms with E-state index in [0.717, 1.165) is 5.75 Å². The number of hydrogen-bond donors (Lipinski definition) is 2. The van der Waals surface area contributed by atoms with Crippen LogP contribution < -0.4 is 10.1 Å². The number of benzene rings is 1. The SMILES string of the molecule is CCC(C)(NCCOc1ccc(C(C)(C)C)cc1)C(=O)O. The van der Waals surface area contributed by atoms with Gasteiger partial charge in [0.1, 0.15) is 17.9 Å². The van der Waals surface area contributed by atoms with E-state index >= 15 is 0 Å². The van der Waals surface area contributed by atoms with Crippen LogP contribution in [0.15, 0.2) is 24.3 Å². The lowest BCUT2D eigenvalue weighted by molar-refractivity contribution is -0.144. The van der Waals surface area contributed by atoms with Crippen LogP contribution in [0.25, 0.3) is 0 Å². The molecule has 118 valence electrons. The summed E-state index contributed by atoms with van der Waals surface area (Å²) >= 11 is 0. The van der Waals surface area contributed by atoms with Crippen molar-refractivity contribution in [2.24, 2.45) is 0 Å². The first kappa shape index (κ1) is 17.5. The molecule has 0 bridgehead atoms. The maximum absolute atomic E-state index is 11.1. The van der Waals surface area contributed by atoms with Gasteiger partial charge in [-0.1, -0.05) is 39.8 Å². The van der Waals surface area contributed by atoms with Crippen LogP contribution in [0.1, 0.15) is 46.6 Å². The maximum Gasteiger partial charge on any atom is 0.323 e. The van der Waals surface area contributed by atoms with Crippen molar-refractivity contribution < 1.29 is 14.6 Å². The van der Waals surface area contributed by atoms with Crippen LogP contribution in [-0.4, -0.2) is 29.8 Å². The van der Waals surface area contributed by atoms with Crippen LogP contribution in [0.4, 0.5) is 0 Å². The Balaban J connectivity index is 2.45. The molecule has 0 radical (unpaired) electrons. The minimum atomic E-state index is -0.889. The van der Waals surface area contributed by atoms with Crippen molar-refractivity contribution in [3.05, 3.63) is 29.8 Å². The molecule has 1 aromatic rings. The van der Waals surface area contributed by atoms with Crippen LogP contribution in [0.5, 0.6) is 5.75 Å². The summed E-state index contributed by atoms with van der Waals surface area (Å²) in [6.45, 7) is 11.0. The van der Waals surface area contributed by atoms with Gasteiger partial charge in [0.15, 0.2) is 0 Å². The summed E-state index contributed by atoms with van der Waals surface area (Å²) in [5.41, 5.74) is 0.502. The molecule has 0 aliphatic heterocycles. The molecule has 0 amide bonds. The van der Waals surface area contributed by atoms with Gasteiger partial charge >= 0.3 is 5.97 Å². The monoisotopic (exact) mass is 293 g/mol. The van der Waals surface area contributed by atoms with Crippen molar-refractivity contribution in [3.63, 3.8) is 0 Å². The molecule has 0 saturated heterocycles. The first-order valence-electron chi connectivity index (χ1n) is 7.41. The molecular weight excluding hydrogens is 266 g/mol. The van der Waals surface area contributed by atoms with Crippen molar-refractivity contribution >= 4 is 5.97 Å². The lowest BCUT2D eigenvalue weighted by Crippen LogP contribution is -2.50. The fourth-order valence-corrected chi connectivity index (χ4v) is 1.90. The van der Waals surface area contributed by atoms with E-state index in [-0.39, 0.29) is 5.41 Å². The van der Waals surface area contributed by atoms with E-state index in [2.05, 4.69) is 38.2 Å². The van der Waals surface area contributed by atoms with Crippen molar-refractivity contribution in [1.82, 2.24) is 5.32 Å². The zero-order valence-electron chi connectivity index (χ0n) is 13.7. The van der Waals surface area contributed by atoms with Gasteiger partial charge in [-0.15, -0.1) is 0 Å². The zero-order valence-corrected chi connectivity index (χ0v) is 13.7. The Kier molecular flexibility index (Phi) is 5.78. The number of rotatable bonds is 7. The number of carboxylic acid groups (broad SMARTS) is 1. The van der Waals surface area contributed by atoms with E-state index in [0.29, 0.717) is 19.6 Å². The molecule has 1 unspecified atom stereocenters. The lowest BCUT2D eigenvalue weighted by Gasteiger charge is -2.24. The molecule has 1 rings (SSSR count). The second kappa shape index (κ2) is 6.94. The van der Waals surface area contributed by atoms with Crippen molar-refractivity contribution in [2.45, 2.75) is 52.0 Å². The Morgan fingerprint density at radius 3 is 2.19 bits per heavy atom. The Morgan fingerprint density at radius 2 is 1.76 bits per heavy atom. The van der Waals surface area contributed by atoms with Crippen LogP contribution in [-0.2, 0) is 10.2 Å². The average Bonchev–Trinajstić information content (AvgIpc) is 2.42. The highest BCUT2D eigenvalue weighted by Gasteiger charge is 2.29. The van der Waals surface area contributed by atoms with Gasteiger partial charge in [0.2, 0.25) is 0 Å². The normalized spacial score (nSPS) is 14.5. The largest absolute Gasteiger partial charge is 0.492 e. The maximum atomic E-state index is 11.1. The molecule has 1 atom stereocenters. The molecule has 21 heavy (non-hydrogen) atoms. The first-order valence-corrected chi connectivity index (χ1v) is 7.41. The van der Waals surface area contributed by atoms with E-state index in [1.807, 2.05) is 19.1 Å². The number of hydrogen-bond acceptors (Lipinski definition) is 3. The minimum absolute atomic E-state index is 0.129. The zero-order chi connectivity index (χ0) is 16.1. The molecule has 0 spiro atoms. The summed E-state index contributed by atoms with van der Waals surface area (Å²) in [6, 6.07) is 8.04. The minimum Gasteiger partial charge on any atom is -0.492 e. The van der Waals surface area contributed by atoms with Gasteiger partial charge in [-0.2, -0.15) is 0 Å². The van der Waals surface area contributed by atoms with Crippen LogP contribution >= 0.6 is 0 Å². The van der Waals surface area contributed by atoms with Crippen molar-refractivity contribution in [3.8, 4) is 5.75 Å². The molecule has 4 nitrogen and oxygen atoms in total. The topological polar surface area (TPSA) is 58.6 Å². The summed E-state index contributed by atoms with van der Waals surface area (Å²) in [5, 5.41) is 12.2. The Labute approximate surface area is 127 Å². The molecule has 0 aliphatic rings. The van der Waals surface area contributed by atoms with Gasteiger partial charge < -0.3 is 9.84 Å². The van der Waals surface area contributed by atoms with Gasteiger partial charge in [-0.25, -0.2) is 0 Å². The van der Waals surface area contributed by atoms with Gasteiger partial charge in [-0.3, -0.25) is 10.1 Å². The third-order valence-electron chi connectivity index (χ3n) is 3.79. The Bertz CT molecular complexity index is 462. The number of aliphatic carboxylic acids is 1. The van der Waals surface area contributed by atoms with Crippen molar-refractivity contribution in [1.29, 1.82) is 0 Å². The molecule has 0 fully saturated rings. The highest BCUT2D eigenvalue weighted by atomic mass is 16.5. The molecule has 4 heteroatoms. The number of ether oxygens (including phenoxy) is 1. The molecule has 2 N–H and O–H groups in total. The highest BCUT2D eigenvalue weighted by molar-refractivity contribution is 5.78. The summed E-state index contributed by atoms with van der Waals surface area (Å²) in [7, 11) is 0. The lowest BCUT2D eigenvalue weighted by atomic mass is 9.87. The Morgan fingerprint density at radius 1 is 1.19 bits per heavy atom. The van der Waals surface area contributed by atoms with E-state index in [4.69, 9.17) is 9.84 Å². The number of carbonyl (C=O) groups is 1. The quantitative estimate of drug-likeness (QED) is 0.758. The first-order chi connectivity index (χ1) is 9.69. The number of carboxylic acids is 1. The van der Waals surface area contributed by atoms with E-state index in [1.54, 1.807) is 6.92 Å². The van der Waals surface area contributed by atoms with Gasteiger partial charge in [0.05, 0.1) is 0 Å². The second-order valence-electron chi connectivity index (χ2n) is 6.54. The molecule has 0 aliphatic carbocycles. The van der Waals surface area contributed by atoms with Gasteiger partial charge in [0.25, 0.3) is 0 Å². The van der Waals surface area contributed by atoms with Gasteiger partial charge in [0, 0.05) is 6.54 Å². The summed E-state index contributed by atoms with van der Waals surface area (Å²) < 4.78 is 5.64. The summed E-state index contributed by atoms with van der Waals surface area (Å²) in [4.78, 5) is 11.1. The molecule has 0 heterocycles. The number of nitrogens with one attached hydrogen (secondary N) is 1. The average molecular weight is 293 g/mol. The third kappa shape index (κ3) is 5.05. The highest BCUT2D eigenvalue weighted by Crippen LogP contribution is 2.24. The van der Waals surface area contributed by atoms with E-state index in [1.165, 1.54) is 5.56 Å². The molecule has 0 aromatic heterocycles. The predicted octanol–water partition coefficient (Wildman–Crippen LogP) is 3.21. The predicted molar refractivity (Wildman–Crippen MR) is 85.0 cm³/mol. The van der Waals surface area contributed by atoms with Crippen molar-refractivity contribution in [2.75, 3.05) is 13.2 Å². The second-order valence-corrected chi connectivity index (χ2v) is 6.54. The van der Waals surface area contributed by atoms with E-state index in [9.17, 15) is 4.79 Å². The molecule has 0 saturated carbocycles. The van der Waals surface area contributed by atoms with Gasteiger partial charge in [-0.05, 0) is 36.5 Å². The summed E-state index contributed by atoms with van der Waals surface area (Å²) in [5.74, 6) is -0.0298. The van der Waals surface area contributed by atoms with Crippen LogP contribution in [0.2, 0.25) is 0 Å². The molecular formula is C17H27NO3. The van der Waals surface area contributed by atoms with Crippen LogP contribution in [0.3, 0.4) is 0 Å². The summed E-state index contributed by atoms with van der Waals surface area (Å²) in [6.07, 6.45) is 0.530. The fraction of sp³-hybridized carbons (Fsp3) is 0.588.